The van der Waals surface area contributed by atoms with Crippen molar-refractivity contribution in [3.63, 3.8) is 0 Å². The van der Waals surface area contributed by atoms with Crippen LogP contribution in [0.15, 0.2) is 78.9 Å². The van der Waals surface area contributed by atoms with E-state index >= 15 is 0 Å². The van der Waals surface area contributed by atoms with Gasteiger partial charge in [0, 0.05) is 0 Å². The van der Waals surface area contributed by atoms with Gasteiger partial charge >= 0.3 is 5.97 Å². The van der Waals surface area contributed by atoms with Crippen LogP contribution >= 0.6 is 0 Å². The third-order valence-electron chi connectivity index (χ3n) is 4.87. The van der Waals surface area contributed by atoms with Gasteiger partial charge in [0.2, 0.25) is 0 Å². The van der Waals surface area contributed by atoms with Crippen LogP contribution in [-0.2, 0) is 16.1 Å². The number of nitrogens with zero attached hydrogens (tertiary/aromatic N) is 1. The summed E-state index contributed by atoms with van der Waals surface area (Å²) < 4.78 is 16.1. The molecule has 0 aromatic heterocycles. The topological polar surface area (TPSA) is 92.4 Å². The fourth-order valence-corrected chi connectivity index (χ4v) is 3.01. The van der Waals surface area contributed by atoms with E-state index < -0.39 is 11.9 Å². The summed E-state index contributed by atoms with van der Waals surface area (Å²) >= 11 is 0. The summed E-state index contributed by atoms with van der Waals surface area (Å²) in [6.45, 7) is 0.579. The van der Waals surface area contributed by atoms with E-state index in [0.29, 0.717) is 23.8 Å². The predicted octanol–water partition coefficient (Wildman–Crippen LogP) is 4.88. The Bertz CT molecular complexity index is 1070. The van der Waals surface area contributed by atoms with Crippen LogP contribution in [0.4, 0.5) is 0 Å². The average molecular weight is 428 g/mol. The summed E-state index contributed by atoms with van der Waals surface area (Å²) in [6, 6.07) is 26.3. The standard InChI is InChI=1S/C26H24N2O4/c1-30-26(29)15-22(16-27)20-9-13-24(14-10-20)31-17-19-7-11-23(12-8-19)32-18-25(28)21-5-3-2-4-6-21/h2-14,22,28H,15,17-18H2,1H3. The molecule has 0 aliphatic heterocycles. The maximum Gasteiger partial charge on any atom is 0.307 e. The molecule has 0 saturated carbocycles. The molecule has 6 nitrogen and oxygen atoms in total. The maximum absolute atomic E-state index is 11.4. The van der Waals surface area contributed by atoms with Gasteiger partial charge in [-0.25, -0.2) is 0 Å². The number of hydrogen-bond acceptors (Lipinski definition) is 6. The summed E-state index contributed by atoms with van der Waals surface area (Å²) in [6.07, 6.45) is 0.0203. The Morgan fingerprint density at radius 3 is 2.19 bits per heavy atom. The summed E-state index contributed by atoms with van der Waals surface area (Å²) in [5, 5.41) is 17.4. The van der Waals surface area contributed by atoms with E-state index in [1.807, 2.05) is 54.6 Å². The Hall–Kier alpha value is -4.11. The van der Waals surface area contributed by atoms with Crippen molar-refractivity contribution in [2.24, 2.45) is 0 Å². The molecular weight excluding hydrogens is 404 g/mol. The smallest absolute Gasteiger partial charge is 0.307 e. The van der Waals surface area contributed by atoms with Crippen LogP contribution in [0.2, 0.25) is 0 Å². The molecular formula is C26H24N2O4. The quantitative estimate of drug-likeness (QED) is 0.367. The zero-order valence-electron chi connectivity index (χ0n) is 17.8. The molecule has 0 bridgehead atoms. The summed E-state index contributed by atoms with van der Waals surface area (Å²) in [7, 11) is 1.31. The van der Waals surface area contributed by atoms with E-state index in [4.69, 9.17) is 14.9 Å². The number of esters is 1. The Kier molecular flexibility index (Phi) is 7.99. The predicted molar refractivity (Wildman–Crippen MR) is 121 cm³/mol. The fraction of sp³-hybridized carbons (Fsp3) is 0.192. The highest BCUT2D eigenvalue weighted by Gasteiger charge is 2.16. The van der Waals surface area contributed by atoms with Gasteiger partial charge in [0.15, 0.2) is 0 Å². The van der Waals surface area contributed by atoms with Crippen LogP contribution in [0.1, 0.15) is 29.0 Å². The molecule has 3 rings (SSSR count). The monoisotopic (exact) mass is 428 g/mol. The number of carbonyl (C=O) groups is 1. The molecule has 1 atom stereocenters. The SMILES string of the molecule is COC(=O)CC(C#N)c1ccc(OCc2ccc(OCC(=N)c3ccccc3)cc2)cc1. The first-order valence-electron chi connectivity index (χ1n) is 10.1. The van der Waals surface area contributed by atoms with Crippen molar-refractivity contribution in [2.75, 3.05) is 13.7 Å². The van der Waals surface area contributed by atoms with Crippen LogP contribution in [0.25, 0.3) is 0 Å². The molecule has 0 fully saturated rings. The van der Waals surface area contributed by atoms with E-state index in [0.717, 1.165) is 16.7 Å². The van der Waals surface area contributed by atoms with Gasteiger partial charge in [-0.15, -0.1) is 0 Å². The minimum absolute atomic E-state index is 0.0203. The van der Waals surface area contributed by atoms with Gasteiger partial charge in [-0.05, 0) is 41.0 Å². The van der Waals surface area contributed by atoms with Gasteiger partial charge in [0.25, 0.3) is 0 Å². The maximum atomic E-state index is 11.4. The van der Waals surface area contributed by atoms with Gasteiger partial charge in [0.1, 0.15) is 24.7 Å². The molecule has 32 heavy (non-hydrogen) atoms. The molecule has 162 valence electrons. The third kappa shape index (κ3) is 6.44. The Labute approximate surface area is 187 Å². The fourth-order valence-electron chi connectivity index (χ4n) is 3.01. The van der Waals surface area contributed by atoms with Crippen LogP contribution in [-0.4, -0.2) is 25.4 Å². The minimum atomic E-state index is -0.549. The van der Waals surface area contributed by atoms with E-state index in [9.17, 15) is 10.1 Å². The van der Waals surface area contributed by atoms with Crippen molar-refractivity contribution in [2.45, 2.75) is 18.9 Å². The zero-order chi connectivity index (χ0) is 22.8. The van der Waals surface area contributed by atoms with Gasteiger partial charge in [-0.3, -0.25) is 4.79 Å². The van der Waals surface area contributed by atoms with Gasteiger partial charge in [0.05, 0.1) is 31.2 Å². The van der Waals surface area contributed by atoms with E-state index in [1.54, 1.807) is 24.3 Å². The molecule has 6 heteroatoms. The number of nitriles is 1. The lowest BCUT2D eigenvalue weighted by Gasteiger charge is -2.11. The van der Waals surface area contributed by atoms with Crippen molar-refractivity contribution in [1.82, 2.24) is 0 Å². The third-order valence-corrected chi connectivity index (χ3v) is 4.87. The second-order valence-electron chi connectivity index (χ2n) is 7.10. The van der Waals surface area contributed by atoms with Crippen molar-refractivity contribution in [3.05, 3.63) is 95.6 Å². The molecule has 1 unspecified atom stereocenters. The highest BCUT2D eigenvalue weighted by atomic mass is 16.5. The Morgan fingerprint density at radius 2 is 1.56 bits per heavy atom. The normalized spacial score (nSPS) is 11.1. The van der Waals surface area contributed by atoms with Crippen molar-refractivity contribution in [3.8, 4) is 17.6 Å². The molecule has 0 aliphatic rings. The Morgan fingerprint density at radius 1 is 0.938 bits per heavy atom. The van der Waals surface area contributed by atoms with Gasteiger partial charge in [-0.1, -0.05) is 54.6 Å². The average Bonchev–Trinajstić information content (AvgIpc) is 2.86. The molecule has 0 spiro atoms. The van der Waals surface area contributed by atoms with E-state index in [1.165, 1.54) is 7.11 Å². The van der Waals surface area contributed by atoms with E-state index in [2.05, 4.69) is 10.8 Å². The summed E-state index contributed by atoms with van der Waals surface area (Å²) in [4.78, 5) is 11.4. The van der Waals surface area contributed by atoms with E-state index in [-0.39, 0.29) is 13.0 Å². The number of benzene rings is 3. The highest BCUT2D eigenvalue weighted by Crippen LogP contribution is 2.23. The first-order valence-corrected chi connectivity index (χ1v) is 10.1. The zero-order valence-corrected chi connectivity index (χ0v) is 17.8. The van der Waals surface area contributed by atoms with Crippen LogP contribution < -0.4 is 9.47 Å². The second kappa shape index (κ2) is 11.3. The lowest BCUT2D eigenvalue weighted by Crippen LogP contribution is -2.11. The van der Waals surface area contributed by atoms with Gasteiger partial charge in [-0.2, -0.15) is 5.26 Å². The number of rotatable bonds is 10. The molecule has 0 radical (unpaired) electrons. The van der Waals surface area contributed by atoms with Gasteiger partial charge < -0.3 is 19.6 Å². The molecule has 3 aromatic carbocycles. The van der Waals surface area contributed by atoms with Crippen LogP contribution in [0.5, 0.6) is 11.5 Å². The second-order valence-corrected chi connectivity index (χ2v) is 7.10. The van der Waals surface area contributed by atoms with Crippen molar-refractivity contribution < 1.29 is 19.0 Å². The van der Waals surface area contributed by atoms with Crippen molar-refractivity contribution in [1.29, 1.82) is 10.7 Å². The number of nitrogens with one attached hydrogen (secondary N) is 1. The number of methoxy groups -OCH3 is 1. The lowest BCUT2D eigenvalue weighted by atomic mass is 9.97. The molecule has 0 heterocycles. The molecule has 3 aromatic rings. The van der Waals surface area contributed by atoms with Crippen LogP contribution in [0.3, 0.4) is 0 Å². The molecule has 0 saturated heterocycles. The molecule has 0 aliphatic carbocycles. The number of hydrogen-bond donors (Lipinski definition) is 1. The summed E-state index contributed by atoms with van der Waals surface area (Å²) in [5.74, 6) is 0.390. The first kappa shape index (κ1) is 22.6. The largest absolute Gasteiger partial charge is 0.489 e. The first-order chi connectivity index (χ1) is 15.6. The highest BCUT2D eigenvalue weighted by molar-refractivity contribution is 5.99. The minimum Gasteiger partial charge on any atom is -0.489 e. The lowest BCUT2D eigenvalue weighted by molar-refractivity contribution is -0.140. The Balaban J connectivity index is 1.49. The summed E-state index contributed by atoms with van der Waals surface area (Å²) in [5.41, 5.74) is 2.98. The van der Waals surface area contributed by atoms with Crippen molar-refractivity contribution >= 4 is 11.7 Å². The molecule has 1 N–H and O–H groups in total. The molecule has 0 amide bonds. The number of ether oxygens (including phenoxy) is 3. The number of carbonyl (C=O) groups excluding carboxylic acids is 1. The van der Waals surface area contributed by atoms with Crippen LogP contribution in [0, 0.1) is 16.7 Å².